The normalized spacial score (nSPS) is 10.4. The lowest BCUT2D eigenvalue weighted by molar-refractivity contribution is -0.122. The summed E-state index contributed by atoms with van der Waals surface area (Å²) in [4.78, 5) is 23.0. The number of aromatic nitrogens is 1. The Morgan fingerprint density at radius 1 is 1.50 bits per heavy atom. The summed E-state index contributed by atoms with van der Waals surface area (Å²) in [6, 6.07) is 1.62. The van der Waals surface area contributed by atoms with E-state index in [0.717, 1.165) is 0 Å². The van der Waals surface area contributed by atoms with Crippen LogP contribution in [0.3, 0.4) is 0 Å². The smallest absolute Gasteiger partial charge is 0.355 e. The van der Waals surface area contributed by atoms with Crippen LogP contribution in [0.4, 0.5) is 5.69 Å². The van der Waals surface area contributed by atoms with Crippen LogP contribution in [0.1, 0.15) is 30.8 Å². The summed E-state index contributed by atoms with van der Waals surface area (Å²) < 4.78 is 6.59. The molecule has 0 aliphatic rings. The zero-order chi connectivity index (χ0) is 13.7. The Bertz CT molecular complexity index is 438. The van der Waals surface area contributed by atoms with Crippen LogP contribution in [0, 0.1) is 0 Å². The highest BCUT2D eigenvalue weighted by Gasteiger charge is 2.13. The number of aryl methyl sites for hydroxylation is 1. The molecule has 0 radical (unpaired) electrons. The first kappa shape index (κ1) is 14.1. The van der Waals surface area contributed by atoms with Gasteiger partial charge in [-0.2, -0.15) is 0 Å². The predicted octanol–water partition coefficient (Wildman–Crippen LogP) is 0.679. The van der Waals surface area contributed by atoms with Crippen molar-refractivity contribution >= 4 is 17.6 Å². The average Bonchev–Trinajstić information content (AvgIpc) is 2.56. The average molecular weight is 253 g/mol. The quantitative estimate of drug-likeness (QED) is 0.755. The fourth-order valence-corrected chi connectivity index (χ4v) is 1.50. The standard InChI is InChI=1S/C12H19N3O3/c1-8(2)14-11(16)4-5-18-12(17)10-6-9(13)7-15(10)3/h6-8H,4-5,13H2,1-3H3,(H,14,16). The Kier molecular flexibility index (Phi) is 4.76. The van der Waals surface area contributed by atoms with Crippen molar-refractivity contribution in [1.82, 2.24) is 9.88 Å². The van der Waals surface area contributed by atoms with Gasteiger partial charge in [0.1, 0.15) is 12.3 Å². The number of esters is 1. The van der Waals surface area contributed by atoms with Gasteiger partial charge in [0, 0.05) is 19.3 Å². The topological polar surface area (TPSA) is 86.3 Å². The lowest BCUT2D eigenvalue weighted by Crippen LogP contribution is -2.31. The zero-order valence-corrected chi connectivity index (χ0v) is 10.9. The highest BCUT2D eigenvalue weighted by Crippen LogP contribution is 2.09. The first-order chi connectivity index (χ1) is 8.40. The van der Waals surface area contributed by atoms with E-state index >= 15 is 0 Å². The molecule has 1 aromatic heterocycles. The number of hydrogen-bond donors (Lipinski definition) is 2. The van der Waals surface area contributed by atoms with Gasteiger partial charge in [0.25, 0.3) is 0 Å². The first-order valence-corrected chi connectivity index (χ1v) is 5.78. The fourth-order valence-electron chi connectivity index (χ4n) is 1.50. The third-order valence-electron chi connectivity index (χ3n) is 2.25. The second kappa shape index (κ2) is 6.09. The number of hydrogen-bond acceptors (Lipinski definition) is 4. The maximum Gasteiger partial charge on any atom is 0.355 e. The van der Waals surface area contributed by atoms with Crippen LogP contribution in [0.25, 0.3) is 0 Å². The Balaban J connectivity index is 2.38. The molecule has 0 unspecified atom stereocenters. The minimum absolute atomic E-state index is 0.0580. The van der Waals surface area contributed by atoms with Gasteiger partial charge < -0.3 is 20.4 Å². The number of amides is 1. The highest BCUT2D eigenvalue weighted by atomic mass is 16.5. The van der Waals surface area contributed by atoms with E-state index in [0.29, 0.717) is 11.4 Å². The van der Waals surface area contributed by atoms with E-state index in [2.05, 4.69) is 5.32 Å². The second-order valence-corrected chi connectivity index (χ2v) is 4.38. The molecule has 100 valence electrons. The van der Waals surface area contributed by atoms with Crippen molar-refractivity contribution < 1.29 is 14.3 Å². The van der Waals surface area contributed by atoms with Gasteiger partial charge in [-0.1, -0.05) is 0 Å². The molecule has 0 aromatic carbocycles. The Labute approximate surface area is 106 Å². The molecule has 0 saturated heterocycles. The number of carbonyl (C=O) groups excluding carboxylic acids is 2. The van der Waals surface area contributed by atoms with Crippen molar-refractivity contribution in [3.63, 3.8) is 0 Å². The van der Waals surface area contributed by atoms with Crippen LogP contribution in [-0.2, 0) is 16.6 Å². The number of ether oxygens (including phenoxy) is 1. The van der Waals surface area contributed by atoms with Gasteiger partial charge in [-0.25, -0.2) is 4.79 Å². The number of nitrogens with one attached hydrogen (secondary N) is 1. The molecule has 0 aliphatic carbocycles. The van der Waals surface area contributed by atoms with E-state index in [1.54, 1.807) is 17.8 Å². The van der Waals surface area contributed by atoms with Gasteiger partial charge in [0.05, 0.1) is 12.1 Å². The molecule has 1 aromatic rings. The molecule has 0 aliphatic heterocycles. The molecular formula is C12H19N3O3. The molecule has 1 rings (SSSR count). The minimum Gasteiger partial charge on any atom is -0.460 e. The summed E-state index contributed by atoms with van der Waals surface area (Å²) in [5, 5.41) is 2.72. The summed E-state index contributed by atoms with van der Waals surface area (Å²) in [6.07, 6.45) is 1.78. The first-order valence-electron chi connectivity index (χ1n) is 5.78. The Hall–Kier alpha value is -1.98. The summed E-state index contributed by atoms with van der Waals surface area (Å²) in [5.41, 5.74) is 6.43. The summed E-state index contributed by atoms with van der Waals surface area (Å²) >= 11 is 0. The highest BCUT2D eigenvalue weighted by molar-refractivity contribution is 5.89. The SMILES string of the molecule is CC(C)NC(=O)CCOC(=O)c1cc(N)cn1C. The monoisotopic (exact) mass is 253 g/mol. The van der Waals surface area contributed by atoms with Crippen molar-refractivity contribution in [2.45, 2.75) is 26.3 Å². The molecule has 0 bridgehead atoms. The van der Waals surface area contributed by atoms with Crippen LogP contribution in [0.5, 0.6) is 0 Å². The van der Waals surface area contributed by atoms with Gasteiger partial charge in [0.15, 0.2) is 0 Å². The lowest BCUT2D eigenvalue weighted by atomic mass is 10.3. The maximum absolute atomic E-state index is 11.7. The molecular weight excluding hydrogens is 234 g/mol. The van der Waals surface area contributed by atoms with Gasteiger partial charge in [-0.15, -0.1) is 0 Å². The molecule has 0 fully saturated rings. The van der Waals surface area contributed by atoms with Gasteiger partial charge in [-0.05, 0) is 19.9 Å². The van der Waals surface area contributed by atoms with Crippen LogP contribution in [0.15, 0.2) is 12.3 Å². The van der Waals surface area contributed by atoms with Gasteiger partial charge in [-0.3, -0.25) is 4.79 Å². The third kappa shape index (κ3) is 4.12. The van der Waals surface area contributed by atoms with E-state index in [-0.39, 0.29) is 25.0 Å². The van der Waals surface area contributed by atoms with E-state index in [1.807, 2.05) is 13.8 Å². The number of nitrogen functional groups attached to an aromatic ring is 1. The molecule has 3 N–H and O–H groups in total. The van der Waals surface area contributed by atoms with Crippen LogP contribution in [0.2, 0.25) is 0 Å². The number of anilines is 1. The molecule has 0 spiro atoms. The third-order valence-corrected chi connectivity index (χ3v) is 2.25. The van der Waals surface area contributed by atoms with Crippen molar-refractivity contribution in [1.29, 1.82) is 0 Å². The minimum atomic E-state index is -0.480. The van der Waals surface area contributed by atoms with Crippen molar-refractivity contribution in [2.75, 3.05) is 12.3 Å². The largest absolute Gasteiger partial charge is 0.460 e. The zero-order valence-electron chi connectivity index (χ0n) is 10.9. The van der Waals surface area contributed by atoms with Gasteiger partial charge in [0.2, 0.25) is 5.91 Å². The summed E-state index contributed by atoms with van der Waals surface area (Å²) in [7, 11) is 1.71. The predicted molar refractivity (Wildman–Crippen MR) is 68.0 cm³/mol. The number of nitrogens with two attached hydrogens (primary N) is 1. The fraction of sp³-hybridized carbons (Fsp3) is 0.500. The summed E-state index contributed by atoms with van der Waals surface area (Å²) in [5.74, 6) is -0.615. The Morgan fingerprint density at radius 3 is 2.67 bits per heavy atom. The summed E-state index contributed by atoms with van der Waals surface area (Å²) in [6.45, 7) is 3.80. The lowest BCUT2D eigenvalue weighted by Gasteiger charge is -2.08. The van der Waals surface area contributed by atoms with Crippen molar-refractivity contribution in [3.05, 3.63) is 18.0 Å². The molecule has 6 heteroatoms. The number of nitrogens with zero attached hydrogens (tertiary/aromatic N) is 1. The molecule has 6 nitrogen and oxygen atoms in total. The number of carbonyl (C=O) groups is 2. The van der Waals surface area contributed by atoms with E-state index in [1.165, 1.54) is 6.07 Å². The molecule has 1 heterocycles. The van der Waals surface area contributed by atoms with Crippen LogP contribution >= 0.6 is 0 Å². The molecule has 0 atom stereocenters. The van der Waals surface area contributed by atoms with Crippen LogP contribution < -0.4 is 11.1 Å². The molecule has 1 amide bonds. The second-order valence-electron chi connectivity index (χ2n) is 4.38. The maximum atomic E-state index is 11.7. The number of rotatable bonds is 5. The van der Waals surface area contributed by atoms with Crippen molar-refractivity contribution in [2.24, 2.45) is 7.05 Å². The molecule has 18 heavy (non-hydrogen) atoms. The van der Waals surface area contributed by atoms with Crippen LogP contribution in [-0.4, -0.2) is 29.1 Å². The van der Waals surface area contributed by atoms with Gasteiger partial charge >= 0.3 is 5.97 Å². The van der Waals surface area contributed by atoms with E-state index in [9.17, 15) is 9.59 Å². The molecule has 0 saturated carbocycles. The Morgan fingerprint density at radius 2 is 2.17 bits per heavy atom. The van der Waals surface area contributed by atoms with E-state index in [4.69, 9.17) is 10.5 Å². The van der Waals surface area contributed by atoms with E-state index < -0.39 is 5.97 Å². The van der Waals surface area contributed by atoms with Crippen molar-refractivity contribution in [3.8, 4) is 0 Å².